The number of halogens is 1. The van der Waals surface area contributed by atoms with Crippen molar-refractivity contribution in [2.24, 2.45) is 7.05 Å². The summed E-state index contributed by atoms with van der Waals surface area (Å²) in [7, 11) is 1.52. The predicted molar refractivity (Wildman–Crippen MR) is 130 cm³/mol. The van der Waals surface area contributed by atoms with E-state index in [-0.39, 0.29) is 29.3 Å². The summed E-state index contributed by atoms with van der Waals surface area (Å²) in [5.41, 5.74) is 0.652. The van der Waals surface area contributed by atoms with E-state index in [9.17, 15) is 18.8 Å². The average Bonchev–Trinajstić information content (AvgIpc) is 2.90. The molecule has 1 aliphatic rings. The average molecular weight is 474 g/mol. The molecule has 5 rings (SSSR count). The minimum atomic E-state index is -0.612. The Hall–Kier alpha value is -4.34. The second-order valence-electron chi connectivity index (χ2n) is 8.37. The topological polar surface area (TPSA) is 93.3 Å². The van der Waals surface area contributed by atoms with Crippen LogP contribution < -0.4 is 16.1 Å². The van der Waals surface area contributed by atoms with Gasteiger partial charge in [0.1, 0.15) is 17.7 Å². The Balaban J connectivity index is 1.36. The molecule has 1 saturated heterocycles. The van der Waals surface area contributed by atoms with Gasteiger partial charge in [0.25, 0.3) is 5.56 Å². The summed E-state index contributed by atoms with van der Waals surface area (Å²) in [4.78, 5) is 51.5. The number of aryl methyl sites for hydroxylation is 1. The van der Waals surface area contributed by atoms with Crippen LogP contribution in [0.3, 0.4) is 0 Å². The third-order valence-electron chi connectivity index (χ3n) is 6.23. The lowest BCUT2D eigenvalue weighted by Crippen LogP contribution is -2.51. The lowest BCUT2D eigenvalue weighted by Gasteiger charge is -2.36. The molecule has 2 aromatic heterocycles. The van der Waals surface area contributed by atoms with Crippen LogP contribution in [0.25, 0.3) is 22.4 Å². The highest BCUT2D eigenvalue weighted by molar-refractivity contribution is 5.78. The summed E-state index contributed by atoms with van der Waals surface area (Å²) >= 11 is 0. The van der Waals surface area contributed by atoms with Crippen LogP contribution in [0.1, 0.15) is 0 Å². The highest BCUT2D eigenvalue weighted by Crippen LogP contribution is 2.18. The number of benzene rings is 2. The fourth-order valence-corrected chi connectivity index (χ4v) is 4.25. The van der Waals surface area contributed by atoms with Crippen LogP contribution in [-0.4, -0.2) is 56.1 Å². The zero-order valence-corrected chi connectivity index (χ0v) is 19.1. The molecule has 0 radical (unpaired) electrons. The molecule has 178 valence electrons. The van der Waals surface area contributed by atoms with Gasteiger partial charge in [-0.05, 0) is 24.3 Å². The number of carbonyl (C=O) groups is 1. The Bertz CT molecular complexity index is 1510. The number of hydrogen-bond acceptors (Lipinski definition) is 6. The third kappa shape index (κ3) is 4.30. The van der Waals surface area contributed by atoms with Crippen LogP contribution in [0.15, 0.2) is 70.4 Å². The Kier molecular flexibility index (Phi) is 5.86. The normalized spacial score (nSPS) is 13.9. The Morgan fingerprint density at radius 2 is 1.66 bits per heavy atom. The largest absolute Gasteiger partial charge is 0.368 e. The first-order valence-corrected chi connectivity index (χ1v) is 11.2. The van der Waals surface area contributed by atoms with E-state index >= 15 is 0 Å². The van der Waals surface area contributed by atoms with Crippen molar-refractivity contribution < 1.29 is 9.18 Å². The van der Waals surface area contributed by atoms with E-state index in [1.54, 1.807) is 17.0 Å². The molecule has 0 saturated carbocycles. The summed E-state index contributed by atoms with van der Waals surface area (Å²) in [6, 6.07) is 15.5. The number of piperazine rings is 1. The zero-order valence-electron chi connectivity index (χ0n) is 19.1. The van der Waals surface area contributed by atoms with Gasteiger partial charge in [0.05, 0.1) is 0 Å². The third-order valence-corrected chi connectivity index (χ3v) is 6.23. The summed E-state index contributed by atoms with van der Waals surface area (Å²) in [6.07, 6.45) is 1.40. The van der Waals surface area contributed by atoms with Crippen LogP contribution in [-0.2, 0) is 18.4 Å². The monoisotopic (exact) mass is 474 g/mol. The van der Waals surface area contributed by atoms with Crippen molar-refractivity contribution in [1.29, 1.82) is 0 Å². The van der Waals surface area contributed by atoms with Crippen molar-refractivity contribution in [2.45, 2.75) is 6.54 Å². The fraction of sp³-hybridized carbons (Fsp3) is 0.240. The van der Waals surface area contributed by atoms with E-state index < -0.39 is 11.2 Å². The molecule has 1 amide bonds. The molecule has 0 bridgehead atoms. The van der Waals surface area contributed by atoms with Crippen molar-refractivity contribution in [3.63, 3.8) is 0 Å². The molecule has 0 unspecified atom stereocenters. The summed E-state index contributed by atoms with van der Waals surface area (Å²) < 4.78 is 15.4. The molecule has 4 aromatic rings. The summed E-state index contributed by atoms with van der Waals surface area (Å²) in [5.74, 6) is -0.212. The van der Waals surface area contributed by atoms with Gasteiger partial charge in [0.15, 0.2) is 11.5 Å². The molecule has 0 aliphatic carbocycles. The molecule has 0 atom stereocenters. The van der Waals surface area contributed by atoms with Gasteiger partial charge in [-0.1, -0.05) is 30.3 Å². The second-order valence-corrected chi connectivity index (χ2v) is 8.37. The number of nitrogens with zero attached hydrogens (tertiary/aromatic N) is 6. The van der Waals surface area contributed by atoms with Gasteiger partial charge in [-0.15, -0.1) is 0 Å². The van der Waals surface area contributed by atoms with Crippen molar-refractivity contribution in [3.8, 4) is 11.4 Å². The van der Waals surface area contributed by atoms with E-state index in [2.05, 4.69) is 14.9 Å². The minimum Gasteiger partial charge on any atom is -0.368 e. The summed E-state index contributed by atoms with van der Waals surface area (Å²) in [6.45, 7) is 1.64. The van der Waals surface area contributed by atoms with Crippen molar-refractivity contribution >= 4 is 22.6 Å². The highest BCUT2D eigenvalue weighted by atomic mass is 19.1. The van der Waals surface area contributed by atoms with Gasteiger partial charge in [-0.25, -0.2) is 19.2 Å². The first-order valence-electron chi connectivity index (χ1n) is 11.2. The second kappa shape index (κ2) is 9.13. The van der Waals surface area contributed by atoms with Gasteiger partial charge >= 0.3 is 5.69 Å². The molecule has 2 aromatic carbocycles. The van der Waals surface area contributed by atoms with Gasteiger partial charge in [-0.2, -0.15) is 0 Å². The Morgan fingerprint density at radius 3 is 2.34 bits per heavy atom. The SMILES string of the molecule is Cn1c(=O)n(CC(=O)N2CCN(c3ccc(F)cc3)CC2)c(=O)c2cnc(-c3ccccc3)nc21. The quantitative estimate of drug-likeness (QED) is 0.447. The zero-order chi connectivity index (χ0) is 24.5. The standard InChI is InChI=1S/C25H23FN6O3/c1-29-23-20(15-27-22(28-23)17-5-3-2-4-6-17)24(34)32(25(29)35)16-21(33)31-13-11-30(12-14-31)19-9-7-18(26)8-10-19/h2-10,15H,11-14,16H2,1H3. The first-order chi connectivity index (χ1) is 16.9. The van der Waals surface area contributed by atoms with Crippen LogP contribution in [0.2, 0.25) is 0 Å². The lowest BCUT2D eigenvalue weighted by atomic mass is 10.2. The minimum absolute atomic E-state index is 0.167. The van der Waals surface area contributed by atoms with E-state index in [4.69, 9.17) is 0 Å². The van der Waals surface area contributed by atoms with Gasteiger partial charge in [0, 0.05) is 50.7 Å². The van der Waals surface area contributed by atoms with Crippen molar-refractivity contribution in [1.82, 2.24) is 24.0 Å². The predicted octanol–water partition coefficient (Wildman–Crippen LogP) is 1.65. The van der Waals surface area contributed by atoms with Crippen LogP contribution in [0.5, 0.6) is 0 Å². The maximum Gasteiger partial charge on any atom is 0.332 e. The maximum absolute atomic E-state index is 13.2. The Morgan fingerprint density at radius 1 is 0.971 bits per heavy atom. The van der Waals surface area contributed by atoms with Crippen molar-refractivity contribution in [3.05, 3.63) is 87.4 Å². The number of rotatable bonds is 4. The number of fused-ring (bicyclic) bond motifs is 1. The molecule has 1 fully saturated rings. The fourth-order valence-electron chi connectivity index (χ4n) is 4.25. The molecule has 0 spiro atoms. The molecule has 3 heterocycles. The molecule has 9 nitrogen and oxygen atoms in total. The van der Waals surface area contributed by atoms with Crippen LogP contribution >= 0.6 is 0 Å². The molecule has 35 heavy (non-hydrogen) atoms. The van der Waals surface area contributed by atoms with E-state index in [0.29, 0.717) is 32.0 Å². The number of aromatic nitrogens is 4. The smallest absolute Gasteiger partial charge is 0.332 e. The molecule has 10 heteroatoms. The maximum atomic E-state index is 13.2. The molecular formula is C25H23FN6O3. The van der Waals surface area contributed by atoms with Crippen molar-refractivity contribution in [2.75, 3.05) is 31.1 Å². The first kappa shape index (κ1) is 22.5. The van der Waals surface area contributed by atoms with E-state index in [1.807, 2.05) is 30.3 Å². The number of anilines is 1. The van der Waals surface area contributed by atoms with Gasteiger partial charge in [-0.3, -0.25) is 18.7 Å². The summed E-state index contributed by atoms with van der Waals surface area (Å²) in [5, 5.41) is 0.167. The molecule has 0 N–H and O–H groups in total. The Labute approximate surface area is 199 Å². The molecule has 1 aliphatic heterocycles. The van der Waals surface area contributed by atoms with Gasteiger partial charge < -0.3 is 9.80 Å². The van der Waals surface area contributed by atoms with Crippen LogP contribution in [0, 0.1) is 5.82 Å². The number of carbonyl (C=O) groups excluding carboxylic acids is 1. The number of amides is 1. The highest BCUT2D eigenvalue weighted by Gasteiger charge is 2.23. The number of hydrogen-bond donors (Lipinski definition) is 0. The lowest BCUT2D eigenvalue weighted by molar-refractivity contribution is -0.132. The van der Waals surface area contributed by atoms with E-state index in [0.717, 1.165) is 15.8 Å². The van der Waals surface area contributed by atoms with Crippen LogP contribution in [0.4, 0.5) is 10.1 Å². The van der Waals surface area contributed by atoms with E-state index in [1.165, 1.54) is 29.9 Å². The van der Waals surface area contributed by atoms with Gasteiger partial charge in [0.2, 0.25) is 5.91 Å². The molecular weight excluding hydrogens is 451 g/mol.